The van der Waals surface area contributed by atoms with Gasteiger partial charge in [0.25, 0.3) is 0 Å². The summed E-state index contributed by atoms with van der Waals surface area (Å²) in [6.07, 6.45) is 3.21. The number of carbonyl (C=O) groups is 1. The maximum absolute atomic E-state index is 12.6. The first-order valence-electron chi connectivity index (χ1n) is 10.5. The van der Waals surface area contributed by atoms with Crippen molar-refractivity contribution in [3.8, 4) is 0 Å². The normalized spacial score (nSPS) is 26.9. The minimum absolute atomic E-state index is 0.00109. The van der Waals surface area contributed by atoms with Crippen LogP contribution in [0.1, 0.15) is 44.9 Å². The van der Waals surface area contributed by atoms with Gasteiger partial charge >= 0.3 is 12.2 Å². The molecule has 0 bridgehead atoms. The molecule has 3 fully saturated rings. The number of hydrogen-bond donors (Lipinski definition) is 1. The zero-order valence-corrected chi connectivity index (χ0v) is 16.1. The number of nitrogens with one attached hydrogen (secondary N) is 1. The number of nitrogens with zero attached hydrogens (tertiary/aromatic N) is 3. The van der Waals surface area contributed by atoms with E-state index in [0.29, 0.717) is 38.5 Å². The number of alkyl halides is 3. The number of amides is 2. The van der Waals surface area contributed by atoms with E-state index in [0.717, 1.165) is 32.6 Å². The van der Waals surface area contributed by atoms with Crippen molar-refractivity contribution in [3.63, 3.8) is 0 Å². The Morgan fingerprint density at radius 3 is 2.26 bits per heavy atom. The van der Waals surface area contributed by atoms with Gasteiger partial charge in [-0.05, 0) is 70.6 Å². The minimum atomic E-state index is -4.13. The van der Waals surface area contributed by atoms with E-state index in [2.05, 4.69) is 10.2 Å². The van der Waals surface area contributed by atoms with E-state index in [1.165, 1.54) is 30.6 Å². The second-order valence-corrected chi connectivity index (χ2v) is 8.36. The standard InChI is InChI=1S/C19H33F3N4O/c20-19(21,22)15-24-11-6-16(7-12-24)13-23-18(27)26-10-2-1-5-17(14-26)25-8-3-4-9-25/h16-17H,1-15H2,(H,23,27). The number of piperidine rings is 1. The molecule has 3 aliphatic rings. The molecule has 0 radical (unpaired) electrons. The number of urea groups is 1. The fraction of sp³-hybridized carbons (Fsp3) is 0.947. The molecule has 1 unspecified atom stereocenters. The largest absolute Gasteiger partial charge is 0.401 e. The van der Waals surface area contributed by atoms with E-state index < -0.39 is 12.7 Å². The first-order chi connectivity index (χ1) is 12.9. The quantitative estimate of drug-likeness (QED) is 0.802. The van der Waals surface area contributed by atoms with Crippen LogP contribution in [0.4, 0.5) is 18.0 Å². The predicted molar refractivity (Wildman–Crippen MR) is 98.6 cm³/mol. The van der Waals surface area contributed by atoms with E-state index in [1.54, 1.807) is 0 Å². The molecule has 27 heavy (non-hydrogen) atoms. The molecule has 8 heteroatoms. The Kier molecular flexibility index (Phi) is 7.25. The van der Waals surface area contributed by atoms with Crippen molar-refractivity contribution in [1.82, 2.24) is 20.0 Å². The fourth-order valence-corrected chi connectivity index (χ4v) is 4.65. The van der Waals surface area contributed by atoms with Crippen molar-refractivity contribution < 1.29 is 18.0 Å². The van der Waals surface area contributed by atoms with Crippen molar-refractivity contribution in [2.75, 3.05) is 52.4 Å². The van der Waals surface area contributed by atoms with Gasteiger partial charge in [0.15, 0.2) is 0 Å². The first kappa shape index (κ1) is 20.7. The topological polar surface area (TPSA) is 38.8 Å². The molecular weight excluding hydrogens is 357 g/mol. The summed E-state index contributed by atoms with van der Waals surface area (Å²) in [6, 6.07) is 0.477. The number of halogens is 3. The highest BCUT2D eigenvalue weighted by Gasteiger charge is 2.33. The molecule has 3 heterocycles. The summed E-state index contributed by atoms with van der Waals surface area (Å²) in [5.74, 6) is 0.278. The zero-order valence-electron chi connectivity index (χ0n) is 16.1. The van der Waals surface area contributed by atoms with Gasteiger partial charge in [-0.1, -0.05) is 6.42 Å². The van der Waals surface area contributed by atoms with Crippen LogP contribution in [0.25, 0.3) is 0 Å². The lowest BCUT2D eigenvalue weighted by atomic mass is 9.97. The summed E-state index contributed by atoms with van der Waals surface area (Å²) in [5, 5.41) is 3.05. The molecule has 0 aromatic rings. The van der Waals surface area contributed by atoms with E-state index in [4.69, 9.17) is 0 Å². The highest BCUT2D eigenvalue weighted by atomic mass is 19.4. The lowest BCUT2D eigenvalue weighted by Gasteiger charge is -2.33. The molecule has 0 saturated carbocycles. The van der Waals surface area contributed by atoms with Crippen molar-refractivity contribution in [1.29, 1.82) is 0 Å². The van der Waals surface area contributed by atoms with Gasteiger partial charge in [-0.15, -0.1) is 0 Å². The third-order valence-corrected chi connectivity index (χ3v) is 6.24. The molecule has 0 aliphatic carbocycles. The molecular formula is C19H33F3N4O. The number of rotatable bonds is 4. The van der Waals surface area contributed by atoms with Crippen LogP contribution < -0.4 is 5.32 Å². The number of likely N-dealkylation sites (tertiary alicyclic amines) is 3. The van der Waals surface area contributed by atoms with Gasteiger partial charge in [0.2, 0.25) is 0 Å². The summed E-state index contributed by atoms with van der Waals surface area (Å²) in [5.41, 5.74) is 0. The Morgan fingerprint density at radius 2 is 1.59 bits per heavy atom. The Balaban J connectivity index is 1.39. The maximum Gasteiger partial charge on any atom is 0.401 e. The summed E-state index contributed by atoms with van der Waals surface area (Å²) in [7, 11) is 0. The maximum atomic E-state index is 12.6. The SMILES string of the molecule is O=C(NCC1CCN(CC(F)(F)F)CC1)N1CCCCC(N2CCCC2)C1. The Labute approximate surface area is 160 Å². The van der Waals surface area contributed by atoms with Crippen LogP contribution in [-0.2, 0) is 0 Å². The average Bonchev–Trinajstić information content (AvgIpc) is 3.04. The summed E-state index contributed by atoms with van der Waals surface area (Å²) in [4.78, 5) is 18.6. The number of carbonyl (C=O) groups excluding carboxylic acids is 1. The highest BCUT2D eigenvalue weighted by Crippen LogP contribution is 2.23. The van der Waals surface area contributed by atoms with Gasteiger partial charge in [-0.25, -0.2) is 4.79 Å². The summed E-state index contributed by atoms with van der Waals surface area (Å²) >= 11 is 0. The van der Waals surface area contributed by atoms with Gasteiger partial charge in [0.1, 0.15) is 0 Å². The van der Waals surface area contributed by atoms with Crippen molar-refractivity contribution >= 4 is 6.03 Å². The molecule has 156 valence electrons. The first-order valence-corrected chi connectivity index (χ1v) is 10.5. The monoisotopic (exact) mass is 390 g/mol. The lowest BCUT2D eigenvalue weighted by Crippen LogP contribution is -2.49. The molecule has 1 N–H and O–H groups in total. The Morgan fingerprint density at radius 1 is 0.926 bits per heavy atom. The van der Waals surface area contributed by atoms with Crippen LogP contribution in [0.15, 0.2) is 0 Å². The Bertz CT molecular complexity index is 474. The average molecular weight is 390 g/mol. The van der Waals surface area contributed by atoms with Crippen LogP contribution >= 0.6 is 0 Å². The number of hydrogen-bond acceptors (Lipinski definition) is 3. The van der Waals surface area contributed by atoms with Gasteiger partial charge in [0, 0.05) is 25.7 Å². The molecule has 3 aliphatic heterocycles. The van der Waals surface area contributed by atoms with Gasteiger partial charge < -0.3 is 10.2 Å². The molecule has 0 aromatic carbocycles. The predicted octanol–water partition coefficient (Wildman–Crippen LogP) is 2.92. The van der Waals surface area contributed by atoms with Crippen molar-refractivity contribution in [2.24, 2.45) is 5.92 Å². The molecule has 0 aromatic heterocycles. The second kappa shape index (κ2) is 9.45. The molecule has 3 rings (SSSR count). The zero-order chi connectivity index (χ0) is 19.3. The summed E-state index contributed by atoms with van der Waals surface area (Å²) < 4.78 is 37.4. The van der Waals surface area contributed by atoms with Gasteiger partial charge in [-0.3, -0.25) is 9.80 Å². The molecule has 5 nitrogen and oxygen atoms in total. The van der Waals surface area contributed by atoms with E-state index in [-0.39, 0.29) is 11.9 Å². The van der Waals surface area contributed by atoms with E-state index in [9.17, 15) is 18.0 Å². The van der Waals surface area contributed by atoms with Crippen LogP contribution in [0.3, 0.4) is 0 Å². The molecule has 3 saturated heterocycles. The summed E-state index contributed by atoms with van der Waals surface area (Å²) in [6.45, 7) is 4.58. The smallest absolute Gasteiger partial charge is 0.338 e. The fourth-order valence-electron chi connectivity index (χ4n) is 4.65. The molecule has 2 amide bonds. The van der Waals surface area contributed by atoms with E-state index >= 15 is 0 Å². The van der Waals surface area contributed by atoms with Gasteiger partial charge in [-0.2, -0.15) is 13.2 Å². The van der Waals surface area contributed by atoms with Crippen LogP contribution in [0, 0.1) is 5.92 Å². The van der Waals surface area contributed by atoms with Crippen molar-refractivity contribution in [2.45, 2.75) is 57.2 Å². The third-order valence-electron chi connectivity index (χ3n) is 6.24. The minimum Gasteiger partial charge on any atom is -0.338 e. The van der Waals surface area contributed by atoms with Crippen molar-refractivity contribution in [3.05, 3.63) is 0 Å². The second-order valence-electron chi connectivity index (χ2n) is 8.36. The highest BCUT2D eigenvalue weighted by molar-refractivity contribution is 5.74. The van der Waals surface area contributed by atoms with Crippen LogP contribution in [0.5, 0.6) is 0 Å². The Hall–Kier alpha value is -1.02. The third kappa shape index (κ3) is 6.52. The van der Waals surface area contributed by atoms with E-state index in [1.807, 2.05) is 4.90 Å². The molecule has 0 spiro atoms. The lowest BCUT2D eigenvalue weighted by molar-refractivity contribution is -0.148. The van der Waals surface area contributed by atoms with Crippen LogP contribution in [-0.4, -0.2) is 85.3 Å². The van der Waals surface area contributed by atoms with Gasteiger partial charge in [0.05, 0.1) is 6.54 Å². The van der Waals surface area contributed by atoms with Crippen LogP contribution in [0.2, 0.25) is 0 Å². The molecule has 1 atom stereocenters.